The lowest BCUT2D eigenvalue weighted by atomic mass is 10.1. The summed E-state index contributed by atoms with van der Waals surface area (Å²) in [5.41, 5.74) is 6.42. The van der Waals surface area contributed by atoms with Gasteiger partial charge in [0.1, 0.15) is 5.75 Å². The Labute approximate surface area is 154 Å². The van der Waals surface area contributed by atoms with Crippen LogP contribution in [0.4, 0.5) is 5.69 Å². The Morgan fingerprint density at radius 1 is 0.923 bits per heavy atom. The SMILES string of the molecule is NC(=O)c1ccc(C(=O)Nc2ccc(Oc3ccc(Cl)cc3)nc2)cc1. The number of nitrogens with zero attached hydrogens (tertiary/aromatic N) is 1. The third kappa shape index (κ3) is 4.37. The van der Waals surface area contributed by atoms with E-state index in [0.717, 1.165) is 0 Å². The van der Waals surface area contributed by atoms with Crippen LogP contribution in [0.5, 0.6) is 11.6 Å². The Morgan fingerprint density at radius 2 is 1.58 bits per heavy atom. The van der Waals surface area contributed by atoms with Crippen molar-refractivity contribution in [1.29, 1.82) is 0 Å². The second kappa shape index (κ2) is 7.67. The number of nitrogens with one attached hydrogen (secondary N) is 1. The van der Waals surface area contributed by atoms with Crippen molar-refractivity contribution < 1.29 is 14.3 Å². The average Bonchev–Trinajstić information content (AvgIpc) is 2.65. The summed E-state index contributed by atoms with van der Waals surface area (Å²) in [6, 6.07) is 16.3. The highest BCUT2D eigenvalue weighted by atomic mass is 35.5. The minimum Gasteiger partial charge on any atom is -0.439 e. The number of nitrogens with two attached hydrogens (primary N) is 1. The molecule has 0 atom stereocenters. The lowest BCUT2D eigenvalue weighted by Gasteiger charge is -2.07. The van der Waals surface area contributed by atoms with Gasteiger partial charge in [-0.3, -0.25) is 9.59 Å². The minimum atomic E-state index is -0.544. The molecule has 1 aromatic heterocycles. The molecule has 0 aliphatic heterocycles. The molecule has 2 aromatic carbocycles. The van der Waals surface area contributed by atoms with E-state index < -0.39 is 5.91 Å². The fourth-order valence-corrected chi connectivity index (χ4v) is 2.25. The van der Waals surface area contributed by atoms with Crippen LogP contribution in [0.1, 0.15) is 20.7 Å². The van der Waals surface area contributed by atoms with E-state index in [1.165, 1.54) is 30.5 Å². The summed E-state index contributed by atoms with van der Waals surface area (Å²) in [7, 11) is 0. The van der Waals surface area contributed by atoms with Crippen LogP contribution >= 0.6 is 11.6 Å². The Kier molecular flexibility index (Phi) is 5.15. The zero-order valence-corrected chi connectivity index (χ0v) is 14.2. The summed E-state index contributed by atoms with van der Waals surface area (Å²) in [5, 5.41) is 3.33. The van der Waals surface area contributed by atoms with Gasteiger partial charge in [-0.1, -0.05) is 11.6 Å². The molecule has 0 unspecified atom stereocenters. The monoisotopic (exact) mass is 367 g/mol. The van der Waals surface area contributed by atoms with Gasteiger partial charge in [-0.15, -0.1) is 0 Å². The molecule has 0 aliphatic rings. The second-order valence-corrected chi connectivity index (χ2v) is 5.77. The summed E-state index contributed by atoms with van der Waals surface area (Å²) in [5.74, 6) is 0.121. The first kappa shape index (κ1) is 17.4. The third-order valence-electron chi connectivity index (χ3n) is 3.46. The maximum Gasteiger partial charge on any atom is 0.255 e. The van der Waals surface area contributed by atoms with E-state index in [4.69, 9.17) is 22.1 Å². The van der Waals surface area contributed by atoms with E-state index in [1.54, 1.807) is 36.4 Å². The lowest BCUT2D eigenvalue weighted by molar-refractivity contribution is 0.0995. The molecule has 0 saturated heterocycles. The fourth-order valence-electron chi connectivity index (χ4n) is 2.13. The molecular weight excluding hydrogens is 354 g/mol. The Morgan fingerprint density at radius 3 is 2.15 bits per heavy atom. The van der Waals surface area contributed by atoms with Gasteiger partial charge in [0.2, 0.25) is 11.8 Å². The van der Waals surface area contributed by atoms with Gasteiger partial charge >= 0.3 is 0 Å². The maximum absolute atomic E-state index is 12.2. The number of primary amides is 1. The van der Waals surface area contributed by atoms with Crippen LogP contribution in [-0.4, -0.2) is 16.8 Å². The predicted molar refractivity (Wildman–Crippen MR) is 98.7 cm³/mol. The van der Waals surface area contributed by atoms with Crippen molar-refractivity contribution >= 4 is 29.1 Å². The number of hydrogen-bond donors (Lipinski definition) is 2. The molecule has 3 N–H and O–H groups in total. The number of halogens is 1. The van der Waals surface area contributed by atoms with Gasteiger partial charge in [0.05, 0.1) is 11.9 Å². The topological polar surface area (TPSA) is 94.3 Å². The first-order valence-electron chi connectivity index (χ1n) is 7.62. The van der Waals surface area contributed by atoms with E-state index in [9.17, 15) is 9.59 Å². The summed E-state index contributed by atoms with van der Waals surface area (Å²) in [6.07, 6.45) is 1.49. The smallest absolute Gasteiger partial charge is 0.255 e. The fraction of sp³-hybridized carbons (Fsp3) is 0. The Bertz CT molecular complexity index is 924. The van der Waals surface area contributed by atoms with Gasteiger partial charge in [0.15, 0.2) is 0 Å². The van der Waals surface area contributed by atoms with Crippen LogP contribution in [0.3, 0.4) is 0 Å². The molecule has 0 spiro atoms. The van der Waals surface area contributed by atoms with Crippen LogP contribution in [-0.2, 0) is 0 Å². The summed E-state index contributed by atoms with van der Waals surface area (Å²) < 4.78 is 5.59. The van der Waals surface area contributed by atoms with Gasteiger partial charge in [0, 0.05) is 22.2 Å². The quantitative estimate of drug-likeness (QED) is 0.715. The average molecular weight is 368 g/mol. The van der Waals surface area contributed by atoms with E-state index in [1.807, 2.05) is 0 Å². The van der Waals surface area contributed by atoms with Gasteiger partial charge in [0.25, 0.3) is 5.91 Å². The molecule has 26 heavy (non-hydrogen) atoms. The van der Waals surface area contributed by atoms with Crippen LogP contribution in [0, 0.1) is 0 Å². The molecule has 0 radical (unpaired) electrons. The zero-order chi connectivity index (χ0) is 18.5. The largest absolute Gasteiger partial charge is 0.439 e. The number of aromatic nitrogens is 1. The molecule has 7 heteroatoms. The van der Waals surface area contributed by atoms with Gasteiger partial charge in [-0.25, -0.2) is 4.98 Å². The molecule has 1 heterocycles. The van der Waals surface area contributed by atoms with Crippen molar-refractivity contribution in [3.8, 4) is 11.6 Å². The van der Waals surface area contributed by atoms with Crippen LogP contribution in [0.15, 0.2) is 66.9 Å². The van der Waals surface area contributed by atoms with Crippen LogP contribution < -0.4 is 15.8 Å². The predicted octanol–water partition coefficient (Wildman–Crippen LogP) is 3.88. The molecule has 130 valence electrons. The maximum atomic E-state index is 12.2. The molecule has 3 aromatic rings. The highest BCUT2D eigenvalue weighted by Gasteiger charge is 2.08. The second-order valence-electron chi connectivity index (χ2n) is 5.34. The highest BCUT2D eigenvalue weighted by Crippen LogP contribution is 2.22. The van der Waals surface area contributed by atoms with Crippen molar-refractivity contribution in [2.75, 3.05) is 5.32 Å². The van der Waals surface area contributed by atoms with E-state index >= 15 is 0 Å². The zero-order valence-electron chi connectivity index (χ0n) is 13.5. The molecular formula is C19H14ClN3O3. The molecule has 0 aliphatic carbocycles. The number of carbonyl (C=O) groups is 2. The number of ether oxygens (including phenoxy) is 1. The number of carbonyl (C=O) groups excluding carboxylic acids is 2. The van der Waals surface area contributed by atoms with Crippen LogP contribution in [0.25, 0.3) is 0 Å². The molecule has 0 fully saturated rings. The highest BCUT2D eigenvalue weighted by molar-refractivity contribution is 6.30. The number of hydrogen-bond acceptors (Lipinski definition) is 4. The third-order valence-corrected chi connectivity index (χ3v) is 3.71. The van der Waals surface area contributed by atoms with Gasteiger partial charge in [-0.05, 0) is 54.6 Å². The number of anilines is 1. The van der Waals surface area contributed by atoms with Crippen molar-refractivity contribution in [3.05, 3.63) is 83.0 Å². The summed E-state index contributed by atoms with van der Waals surface area (Å²) in [4.78, 5) is 27.4. The molecule has 0 saturated carbocycles. The number of rotatable bonds is 5. The standard InChI is InChI=1S/C19H14ClN3O3/c20-14-5-8-16(9-6-14)26-17-10-7-15(11-22-17)23-19(25)13-3-1-12(2-4-13)18(21)24/h1-11H,(H2,21,24)(H,23,25). The van der Waals surface area contributed by atoms with Crippen molar-refractivity contribution in [2.24, 2.45) is 5.73 Å². The molecule has 3 rings (SSSR count). The Hall–Kier alpha value is -3.38. The van der Waals surface area contributed by atoms with Crippen molar-refractivity contribution in [3.63, 3.8) is 0 Å². The van der Waals surface area contributed by atoms with Crippen LogP contribution in [0.2, 0.25) is 5.02 Å². The molecule has 0 bridgehead atoms. The van der Waals surface area contributed by atoms with Gasteiger partial charge < -0.3 is 15.8 Å². The molecule has 2 amide bonds. The van der Waals surface area contributed by atoms with Crippen molar-refractivity contribution in [2.45, 2.75) is 0 Å². The number of amides is 2. The lowest BCUT2D eigenvalue weighted by Crippen LogP contribution is -2.14. The summed E-state index contributed by atoms with van der Waals surface area (Å²) >= 11 is 5.82. The Balaban J connectivity index is 1.64. The van der Waals surface area contributed by atoms with E-state index in [0.29, 0.717) is 33.5 Å². The van der Waals surface area contributed by atoms with E-state index in [-0.39, 0.29) is 5.91 Å². The molecule has 6 nitrogen and oxygen atoms in total. The van der Waals surface area contributed by atoms with E-state index in [2.05, 4.69) is 10.3 Å². The first-order chi connectivity index (χ1) is 12.5. The first-order valence-corrected chi connectivity index (χ1v) is 8.00. The van der Waals surface area contributed by atoms with Gasteiger partial charge in [-0.2, -0.15) is 0 Å². The normalized spacial score (nSPS) is 10.2. The number of benzene rings is 2. The minimum absolute atomic E-state index is 0.325. The summed E-state index contributed by atoms with van der Waals surface area (Å²) in [6.45, 7) is 0. The van der Waals surface area contributed by atoms with Crippen molar-refractivity contribution in [1.82, 2.24) is 4.98 Å². The number of pyridine rings is 1.